The smallest absolute Gasteiger partial charge is 0.249 e. The molecule has 0 aliphatic carbocycles. The molecule has 0 spiro atoms. The van der Waals surface area contributed by atoms with E-state index in [1.807, 2.05) is 9.80 Å². The number of ether oxygens (including phenoxy) is 1. The SMILES string of the molecule is O=C1COC2CN(c3ncccn3)CC2N1Cc1ccc(F)cc1. The number of morpholine rings is 1. The topological polar surface area (TPSA) is 58.6 Å². The van der Waals surface area contributed by atoms with Crippen LogP contribution in [0.2, 0.25) is 0 Å². The molecule has 4 rings (SSSR count). The van der Waals surface area contributed by atoms with E-state index in [0.29, 0.717) is 25.6 Å². The van der Waals surface area contributed by atoms with Crippen molar-refractivity contribution in [2.45, 2.75) is 18.7 Å². The largest absolute Gasteiger partial charge is 0.364 e. The maximum Gasteiger partial charge on any atom is 0.249 e. The average Bonchev–Trinajstić information content (AvgIpc) is 3.05. The van der Waals surface area contributed by atoms with Gasteiger partial charge in [0.25, 0.3) is 0 Å². The first-order chi connectivity index (χ1) is 11.7. The van der Waals surface area contributed by atoms with Crippen LogP contribution < -0.4 is 4.90 Å². The maximum absolute atomic E-state index is 13.1. The zero-order chi connectivity index (χ0) is 16.5. The van der Waals surface area contributed by atoms with Crippen LogP contribution in [0.1, 0.15) is 5.56 Å². The van der Waals surface area contributed by atoms with Crippen molar-refractivity contribution in [3.05, 3.63) is 54.1 Å². The van der Waals surface area contributed by atoms with Crippen molar-refractivity contribution in [3.63, 3.8) is 0 Å². The third-order valence-electron chi connectivity index (χ3n) is 4.48. The Hall–Kier alpha value is -2.54. The number of amides is 1. The average molecular weight is 328 g/mol. The third kappa shape index (κ3) is 2.82. The minimum atomic E-state index is -0.279. The predicted molar refractivity (Wildman–Crippen MR) is 84.7 cm³/mol. The molecule has 24 heavy (non-hydrogen) atoms. The van der Waals surface area contributed by atoms with Gasteiger partial charge in [-0.3, -0.25) is 4.79 Å². The van der Waals surface area contributed by atoms with E-state index in [0.717, 1.165) is 5.56 Å². The monoisotopic (exact) mass is 328 g/mol. The lowest BCUT2D eigenvalue weighted by atomic mass is 10.1. The lowest BCUT2D eigenvalue weighted by Crippen LogP contribution is -2.53. The van der Waals surface area contributed by atoms with E-state index in [9.17, 15) is 9.18 Å². The van der Waals surface area contributed by atoms with Crippen molar-refractivity contribution in [2.75, 3.05) is 24.6 Å². The Morgan fingerprint density at radius 3 is 2.67 bits per heavy atom. The van der Waals surface area contributed by atoms with Crippen LogP contribution >= 0.6 is 0 Å². The summed E-state index contributed by atoms with van der Waals surface area (Å²) < 4.78 is 18.8. The molecule has 7 heteroatoms. The van der Waals surface area contributed by atoms with Gasteiger partial charge in [0.2, 0.25) is 11.9 Å². The second-order valence-electron chi connectivity index (χ2n) is 6.02. The number of hydrogen-bond donors (Lipinski definition) is 0. The number of benzene rings is 1. The Balaban J connectivity index is 1.53. The molecular formula is C17H17FN4O2. The van der Waals surface area contributed by atoms with Crippen molar-refractivity contribution < 1.29 is 13.9 Å². The Labute approximate surface area is 138 Å². The summed E-state index contributed by atoms with van der Waals surface area (Å²) in [5.74, 6) is 0.319. The van der Waals surface area contributed by atoms with Crippen molar-refractivity contribution in [1.29, 1.82) is 0 Å². The van der Waals surface area contributed by atoms with Crippen LogP contribution in [0, 0.1) is 5.82 Å². The molecule has 0 bridgehead atoms. The summed E-state index contributed by atoms with van der Waals surface area (Å²) in [6, 6.07) is 7.96. The highest BCUT2D eigenvalue weighted by molar-refractivity contribution is 5.79. The predicted octanol–water partition coefficient (Wildman–Crippen LogP) is 1.23. The third-order valence-corrected chi connectivity index (χ3v) is 4.48. The van der Waals surface area contributed by atoms with Gasteiger partial charge in [0.15, 0.2) is 0 Å². The van der Waals surface area contributed by atoms with Gasteiger partial charge in [-0.1, -0.05) is 12.1 Å². The van der Waals surface area contributed by atoms with E-state index >= 15 is 0 Å². The van der Waals surface area contributed by atoms with Gasteiger partial charge in [0.05, 0.1) is 12.1 Å². The summed E-state index contributed by atoms with van der Waals surface area (Å²) in [6.07, 6.45) is 3.34. The molecule has 0 radical (unpaired) electrons. The van der Waals surface area contributed by atoms with E-state index in [-0.39, 0.29) is 30.5 Å². The molecule has 1 amide bonds. The standard InChI is InChI=1S/C17H17FN4O2/c18-13-4-2-12(3-5-13)8-22-14-9-21(17-19-6-1-7-20-17)10-15(14)24-11-16(22)23/h1-7,14-15H,8-11H2. The first kappa shape index (κ1) is 15.0. The summed E-state index contributed by atoms with van der Waals surface area (Å²) in [6.45, 7) is 1.81. The molecule has 2 unspecified atom stereocenters. The molecule has 2 saturated heterocycles. The minimum Gasteiger partial charge on any atom is -0.364 e. The lowest BCUT2D eigenvalue weighted by Gasteiger charge is -2.36. The van der Waals surface area contributed by atoms with Crippen LogP contribution in [-0.4, -0.2) is 52.6 Å². The Kier molecular flexibility index (Phi) is 3.86. The fourth-order valence-electron chi connectivity index (χ4n) is 3.28. The highest BCUT2D eigenvalue weighted by atomic mass is 19.1. The lowest BCUT2D eigenvalue weighted by molar-refractivity contribution is -0.153. The van der Waals surface area contributed by atoms with E-state index in [1.165, 1.54) is 12.1 Å². The number of fused-ring (bicyclic) bond motifs is 1. The van der Waals surface area contributed by atoms with Gasteiger partial charge in [0, 0.05) is 32.0 Å². The molecule has 2 atom stereocenters. The number of hydrogen-bond acceptors (Lipinski definition) is 5. The van der Waals surface area contributed by atoms with Gasteiger partial charge in [-0.25, -0.2) is 14.4 Å². The number of aromatic nitrogens is 2. The van der Waals surface area contributed by atoms with E-state index in [4.69, 9.17) is 4.74 Å². The van der Waals surface area contributed by atoms with Crippen molar-refractivity contribution in [3.8, 4) is 0 Å². The molecule has 3 heterocycles. The summed E-state index contributed by atoms with van der Waals surface area (Å²) in [7, 11) is 0. The van der Waals surface area contributed by atoms with E-state index in [1.54, 1.807) is 30.6 Å². The second kappa shape index (κ2) is 6.16. The molecule has 124 valence electrons. The van der Waals surface area contributed by atoms with Crippen LogP contribution in [0.15, 0.2) is 42.7 Å². The zero-order valence-electron chi connectivity index (χ0n) is 13.0. The molecular weight excluding hydrogens is 311 g/mol. The first-order valence-electron chi connectivity index (χ1n) is 7.88. The number of rotatable bonds is 3. The molecule has 0 N–H and O–H groups in total. The zero-order valence-corrected chi connectivity index (χ0v) is 13.0. The van der Waals surface area contributed by atoms with Crippen LogP contribution in [-0.2, 0) is 16.1 Å². The highest BCUT2D eigenvalue weighted by Crippen LogP contribution is 2.27. The van der Waals surface area contributed by atoms with Gasteiger partial charge in [0.1, 0.15) is 12.4 Å². The maximum atomic E-state index is 13.1. The summed E-state index contributed by atoms with van der Waals surface area (Å²) >= 11 is 0. The Morgan fingerprint density at radius 1 is 1.17 bits per heavy atom. The van der Waals surface area contributed by atoms with Crippen molar-refractivity contribution >= 4 is 11.9 Å². The normalized spacial score (nSPS) is 23.5. The Morgan fingerprint density at radius 2 is 1.92 bits per heavy atom. The van der Waals surface area contributed by atoms with Crippen LogP contribution in [0.3, 0.4) is 0 Å². The minimum absolute atomic E-state index is 0.0450. The fraction of sp³-hybridized carbons (Fsp3) is 0.353. The van der Waals surface area contributed by atoms with Crippen LogP contribution in [0.4, 0.5) is 10.3 Å². The van der Waals surface area contributed by atoms with Gasteiger partial charge in [-0.2, -0.15) is 0 Å². The van der Waals surface area contributed by atoms with E-state index in [2.05, 4.69) is 9.97 Å². The van der Waals surface area contributed by atoms with Gasteiger partial charge in [-0.05, 0) is 23.8 Å². The number of carbonyl (C=O) groups is 1. The highest BCUT2D eigenvalue weighted by Gasteiger charge is 2.43. The molecule has 2 aliphatic rings. The first-order valence-corrected chi connectivity index (χ1v) is 7.88. The van der Waals surface area contributed by atoms with Crippen molar-refractivity contribution in [2.24, 2.45) is 0 Å². The fourth-order valence-corrected chi connectivity index (χ4v) is 3.28. The number of anilines is 1. The molecule has 0 saturated carbocycles. The van der Waals surface area contributed by atoms with Crippen LogP contribution in [0.5, 0.6) is 0 Å². The second-order valence-corrected chi connectivity index (χ2v) is 6.02. The molecule has 6 nitrogen and oxygen atoms in total. The van der Waals surface area contributed by atoms with E-state index < -0.39 is 0 Å². The number of nitrogens with zero attached hydrogens (tertiary/aromatic N) is 4. The molecule has 2 aromatic rings. The Bertz CT molecular complexity index is 725. The van der Waals surface area contributed by atoms with Crippen LogP contribution in [0.25, 0.3) is 0 Å². The van der Waals surface area contributed by atoms with Gasteiger partial charge < -0.3 is 14.5 Å². The summed E-state index contributed by atoms with van der Waals surface area (Å²) in [5.41, 5.74) is 0.903. The molecule has 2 fully saturated rings. The van der Waals surface area contributed by atoms with Gasteiger partial charge in [-0.15, -0.1) is 0 Å². The molecule has 1 aromatic heterocycles. The number of carbonyl (C=O) groups excluding carboxylic acids is 1. The van der Waals surface area contributed by atoms with Gasteiger partial charge >= 0.3 is 0 Å². The summed E-state index contributed by atoms with van der Waals surface area (Å²) in [5, 5.41) is 0. The molecule has 1 aromatic carbocycles. The molecule has 2 aliphatic heterocycles. The summed E-state index contributed by atoms with van der Waals surface area (Å²) in [4.78, 5) is 24.7. The number of halogens is 1. The quantitative estimate of drug-likeness (QED) is 0.848. The van der Waals surface area contributed by atoms with Crippen molar-refractivity contribution in [1.82, 2.24) is 14.9 Å².